The molecule has 2 saturated heterocycles. The molecule has 3 heterocycles. The van der Waals surface area contributed by atoms with E-state index in [2.05, 4.69) is 11.0 Å². The number of nitrogens with zero attached hydrogens (tertiary/aromatic N) is 6. The fourth-order valence-electron chi connectivity index (χ4n) is 3.15. The number of nitriles is 1. The number of amides is 2. The third-order valence-corrected chi connectivity index (χ3v) is 5.99. The van der Waals surface area contributed by atoms with Crippen molar-refractivity contribution >= 4 is 17.8 Å². The average molecular weight is 354 g/mol. The van der Waals surface area contributed by atoms with E-state index in [9.17, 15) is 4.79 Å². The summed E-state index contributed by atoms with van der Waals surface area (Å²) in [5, 5.41) is 9.10. The third kappa shape index (κ3) is 3.75. The molecule has 0 N–H and O–H groups in total. The quantitative estimate of drug-likeness (QED) is 0.801. The van der Waals surface area contributed by atoms with Crippen molar-refractivity contribution in [3.63, 3.8) is 0 Å². The number of carbonyl (C=O) groups is 1. The number of rotatable bonds is 5. The van der Waals surface area contributed by atoms with Crippen molar-refractivity contribution in [3.05, 3.63) is 0 Å². The summed E-state index contributed by atoms with van der Waals surface area (Å²) in [6.45, 7) is 5.92. The molecule has 0 aliphatic carbocycles. The standard InChI is InChI=1S/C15H26N6O2S/c1-3-17(2)15(22)18-6-4-13(5-7-18)21-20(23-21)9-8-19-12-24-11-14(19)10-16/h13-14H,3-9,11-12H2,1-2H3. The van der Waals surface area contributed by atoms with Gasteiger partial charge in [-0.25, -0.2) is 4.79 Å². The molecule has 1 unspecified atom stereocenters. The molecular formula is C15H26N6O2S. The molecule has 0 saturated carbocycles. The minimum Gasteiger partial charge on any atom is -0.328 e. The van der Waals surface area contributed by atoms with E-state index in [1.165, 1.54) is 0 Å². The van der Waals surface area contributed by atoms with Gasteiger partial charge in [0.25, 0.3) is 0 Å². The Kier molecular flexibility index (Phi) is 5.46. The maximum atomic E-state index is 12.2. The summed E-state index contributed by atoms with van der Waals surface area (Å²) in [6.07, 6.45) is 1.86. The van der Waals surface area contributed by atoms with E-state index >= 15 is 0 Å². The summed E-state index contributed by atoms with van der Waals surface area (Å²) >= 11 is 1.81. The van der Waals surface area contributed by atoms with Crippen LogP contribution in [-0.2, 0) is 6.54 Å². The number of urea groups is 1. The van der Waals surface area contributed by atoms with Crippen molar-refractivity contribution in [2.45, 2.75) is 38.4 Å². The topological polar surface area (TPSA) is 73.6 Å². The predicted octanol–water partition coefficient (Wildman–Crippen LogP) is 1.49. The van der Waals surface area contributed by atoms with Gasteiger partial charge in [-0.1, -0.05) is 9.71 Å². The summed E-state index contributed by atoms with van der Waals surface area (Å²) in [7, 11) is 1.84. The Balaban J connectivity index is 1.42. The van der Waals surface area contributed by atoms with E-state index in [0.29, 0.717) is 6.04 Å². The zero-order valence-corrected chi connectivity index (χ0v) is 15.2. The zero-order valence-electron chi connectivity index (χ0n) is 14.4. The van der Waals surface area contributed by atoms with Gasteiger partial charge in [0.1, 0.15) is 6.04 Å². The lowest BCUT2D eigenvalue weighted by atomic mass is 10.1. The highest BCUT2D eigenvalue weighted by Crippen LogP contribution is 2.26. The maximum absolute atomic E-state index is 12.2. The van der Waals surface area contributed by atoms with Gasteiger partial charge in [0.15, 0.2) is 0 Å². The summed E-state index contributed by atoms with van der Waals surface area (Å²) in [5.41, 5.74) is 0. The Bertz CT molecular complexity index is 579. The lowest BCUT2D eigenvalue weighted by Crippen LogP contribution is -2.45. The van der Waals surface area contributed by atoms with Crippen molar-refractivity contribution < 1.29 is 9.42 Å². The molecule has 9 heteroatoms. The molecule has 0 bridgehead atoms. The molecular weight excluding hydrogens is 328 g/mol. The highest BCUT2D eigenvalue weighted by Gasteiger charge is 2.31. The number of aromatic nitrogens is 2. The van der Waals surface area contributed by atoms with Gasteiger partial charge in [0.05, 0.1) is 18.7 Å². The Morgan fingerprint density at radius 1 is 1.38 bits per heavy atom. The van der Waals surface area contributed by atoms with Gasteiger partial charge >= 0.3 is 6.03 Å². The lowest BCUT2D eigenvalue weighted by molar-refractivity contribution is 0.137. The fourth-order valence-corrected chi connectivity index (χ4v) is 4.31. The SMILES string of the molecule is CCN(C)C(=O)N1CCC(n2on2CCN2CSCC2C#N)CC1. The van der Waals surface area contributed by atoms with Gasteiger partial charge < -0.3 is 9.80 Å². The summed E-state index contributed by atoms with van der Waals surface area (Å²) < 4.78 is 5.59. The van der Waals surface area contributed by atoms with Gasteiger partial charge in [-0.3, -0.25) is 9.53 Å². The van der Waals surface area contributed by atoms with E-state index in [1.54, 1.807) is 4.90 Å². The molecule has 0 spiro atoms. The van der Waals surface area contributed by atoms with Crippen LogP contribution in [0.1, 0.15) is 25.8 Å². The largest absolute Gasteiger partial charge is 0.328 e. The van der Waals surface area contributed by atoms with E-state index < -0.39 is 0 Å². The third-order valence-electron chi connectivity index (χ3n) is 4.92. The second-order valence-corrected chi connectivity index (χ2v) is 7.43. The highest BCUT2D eigenvalue weighted by molar-refractivity contribution is 7.99. The number of likely N-dealkylation sites (tertiary alicyclic amines) is 1. The molecule has 2 amide bonds. The first kappa shape index (κ1) is 17.3. The molecule has 3 rings (SSSR count). The van der Waals surface area contributed by atoms with E-state index in [4.69, 9.17) is 9.89 Å². The molecule has 2 aliphatic rings. The van der Waals surface area contributed by atoms with Gasteiger partial charge in [-0.05, 0) is 19.8 Å². The molecule has 8 nitrogen and oxygen atoms in total. The van der Waals surface area contributed by atoms with Crippen LogP contribution in [0.2, 0.25) is 0 Å². The van der Waals surface area contributed by atoms with Crippen LogP contribution < -0.4 is 0 Å². The molecule has 1 atom stereocenters. The number of carbonyl (C=O) groups excluding carboxylic acids is 1. The van der Waals surface area contributed by atoms with Crippen LogP contribution >= 0.6 is 11.8 Å². The number of hydrogen-bond acceptors (Lipinski definition) is 5. The Morgan fingerprint density at radius 3 is 2.79 bits per heavy atom. The van der Waals surface area contributed by atoms with Gasteiger partial charge in [0, 0.05) is 44.9 Å². The smallest absolute Gasteiger partial charge is 0.319 e. The number of hydrogen-bond donors (Lipinski definition) is 0. The van der Waals surface area contributed by atoms with Crippen molar-refractivity contribution in [1.29, 1.82) is 5.26 Å². The Labute approximate surface area is 146 Å². The summed E-state index contributed by atoms with van der Waals surface area (Å²) in [5.74, 6) is 1.83. The molecule has 1 aromatic heterocycles. The van der Waals surface area contributed by atoms with Crippen molar-refractivity contribution in [2.24, 2.45) is 0 Å². The van der Waals surface area contributed by atoms with E-state index in [0.717, 1.165) is 57.2 Å². The number of thioether (sulfide) groups is 1. The molecule has 1 aromatic rings. The second-order valence-electron chi connectivity index (χ2n) is 6.43. The minimum atomic E-state index is 0.0354. The minimum absolute atomic E-state index is 0.0354. The van der Waals surface area contributed by atoms with Crippen LogP contribution in [0, 0.1) is 11.3 Å². The maximum Gasteiger partial charge on any atom is 0.319 e. The first-order valence-corrected chi connectivity index (χ1v) is 9.75. The van der Waals surface area contributed by atoms with Crippen LogP contribution in [0.4, 0.5) is 4.79 Å². The van der Waals surface area contributed by atoms with Crippen LogP contribution in [0.25, 0.3) is 0 Å². The number of piperidine rings is 1. The van der Waals surface area contributed by atoms with Gasteiger partial charge in [0.2, 0.25) is 0 Å². The molecule has 24 heavy (non-hydrogen) atoms. The first-order chi connectivity index (χ1) is 11.6. The highest BCUT2D eigenvalue weighted by atomic mass is 32.2. The Hall–Kier alpha value is -1.53. The molecule has 2 fully saturated rings. The van der Waals surface area contributed by atoms with Crippen LogP contribution in [0.3, 0.4) is 0 Å². The average Bonchev–Trinajstić information content (AvgIpc) is 3.26. The van der Waals surface area contributed by atoms with E-state index in [-0.39, 0.29) is 12.1 Å². The second kappa shape index (κ2) is 7.57. The van der Waals surface area contributed by atoms with Gasteiger partial charge in [-0.15, -0.1) is 11.8 Å². The van der Waals surface area contributed by atoms with Crippen molar-refractivity contribution in [2.75, 3.05) is 44.9 Å². The lowest BCUT2D eigenvalue weighted by Gasteiger charge is -2.32. The van der Waals surface area contributed by atoms with Crippen molar-refractivity contribution in [1.82, 2.24) is 24.4 Å². The van der Waals surface area contributed by atoms with Crippen LogP contribution in [0.15, 0.2) is 4.63 Å². The Morgan fingerprint density at radius 2 is 2.12 bits per heavy atom. The molecule has 0 aromatic carbocycles. The first-order valence-electron chi connectivity index (χ1n) is 8.60. The normalized spacial score (nSPS) is 22.9. The summed E-state index contributed by atoms with van der Waals surface area (Å²) in [6, 6.07) is 2.86. The fraction of sp³-hybridized carbons (Fsp3) is 0.867. The molecule has 2 aliphatic heterocycles. The van der Waals surface area contributed by atoms with Crippen molar-refractivity contribution in [3.8, 4) is 6.07 Å². The van der Waals surface area contributed by atoms with E-state index in [1.807, 2.05) is 40.3 Å². The van der Waals surface area contributed by atoms with Crippen LogP contribution in [0.5, 0.6) is 0 Å². The predicted molar refractivity (Wildman–Crippen MR) is 91.7 cm³/mol. The zero-order chi connectivity index (χ0) is 17.1. The van der Waals surface area contributed by atoms with Crippen LogP contribution in [-0.4, -0.2) is 81.3 Å². The summed E-state index contributed by atoms with van der Waals surface area (Å²) in [4.78, 5) is 21.9. The van der Waals surface area contributed by atoms with Gasteiger partial charge in [-0.2, -0.15) is 5.26 Å². The monoisotopic (exact) mass is 354 g/mol. The molecule has 134 valence electrons. The molecule has 0 radical (unpaired) electrons.